The Kier molecular flexibility index (Phi) is 3.25. The fourth-order valence-electron chi connectivity index (χ4n) is 1.29. The van der Waals surface area contributed by atoms with E-state index in [1.54, 1.807) is 24.4 Å². The lowest BCUT2D eigenvalue weighted by molar-refractivity contribution is 0.102. The molecule has 1 aromatic carbocycles. The van der Waals surface area contributed by atoms with Crippen molar-refractivity contribution in [2.45, 2.75) is 0 Å². The summed E-state index contributed by atoms with van der Waals surface area (Å²) in [5, 5.41) is 12.3. The summed E-state index contributed by atoms with van der Waals surface area (Å²) >= 11 is 5.66. The van der Waals surface area contributed by atoms with Gasteiger partial charge < -0.3 is 10.4 Å². The van der Waals surface area contributed by atoms with Crippen molar-refractivity contribution in [3.63, 3.8) is 0 Å². The number of carbonyl (C=O) groups excluding carboxylic acids is 1. The van der Waals surface area contributed by atoms with Crippen molar-refractivity contribution < 1.29 is 9.90 Å². The molecule has 0 saturated heterocycles. The van der Waals surface area contributed by atoms with E-state index in [0.717, 1.165) is 0 Å². The molecule has 0 radical (unpaired) electrons. The third-order valence-corrected chi connectivity index (χ3v) is 2.45. The zero-order valence-corrected chi connectivity index (χ0v) is 9.48. The summed E-state index contributed by atoms with van der Waals surface area (Å²) in [5.74, 6) is -0.365. The van der Waals surface area contributed by atoms with Gasteiger partial charge in [0.1, 0.15) is 5.75 Å². The maximum atomic E-state index is 11.7. The molecule has 0 fully saturated rings. The standard InChI is InChI=1S/C12H9ClN2O2/c13-10-4-3-9(6-11(10)16)15-12(17)8-2-1-5-14-7-8/h1-7,16H,(H,15,17). The van der Waals surface area contributed by atoms with Crippen molar-refractivity contribution >= 4 is 23.2 Å². The Morgan fingerprint density at radius 1 is 1.35 bits per heavy atom. The molecule has 0 spiro atoms. The van der Waals surface area contributed by atoms with E-state index in [1.165, 1.54) is 18.3 Å². The largest absolute Gasteiger partial charge is 0.506 e. The minimum absolute atomic E-state index is 0.0735. The quantitative estimate of drug-likeness (QED) is 0.859. The van der Waals surface area contributed by atoms with Gasteiger partial charge in [0.05, 0.1) is 10.6 Å². The highest BCUT2D eigenvalue weighted by atomic mass is 35.5. The molecule has 2 aromatic rings. The Morgan fingerprint density at radius 3 is 2.82 bits per heavy atom. The Hall–Kier alpha value is -2.07. The Labute approximate surface area is 103 Å². The molecular weight excluding hydrogens is 240 g/mol. The van der Waals surface area contributed by atoms with Gasteiger partial charge in [-0.1, -0.05) is 11.6 Å². The SMILES string of the molecule is O=C(Nc1ccc(Cl)c(O)c1)c1cccnc1. The first-order valence-electron chi connectivity index (χ1n) is 4.87. The first-order chi connectivity index (χ1) is 8.16. The van der Waals surface area contributed by atoms with E-state index in [2.05, 4.69) is 10.3 Å². The average molecular weight is 249 g/mol. The number of phenols is 1. The lowest BCUT2D eigenvalue weighted by atomic mass is 10.2. The summed E-state index contributed by atoms with van der Waals surface area (Å²) in [6.07, 6.45) is 3.05. The summed E-state index contributed by atoms with van der Waals surface area (Å²) in [5.41, 5.74) is 0.919. The number of aromatic hydroxyl groups is 1. The van der Waals surface area contributed by atoms with E-state index in [1.807, 2.05) is 0 Å². The molecule has 4 nitrogen and oxygen atoms in total. The molecule has 86 valence electrons. The van der Waals surface area contributed by atoms with Crippen LogP contribution in [0.3, 0.4) is 0 Å². The lowest BCUT2D eigenvalue weighted by Gasteiger charge is -2.05. The second-order valence-corrected chi connectivity index (χ2v) is 3.77. The van der Waals surface area contributed by atoms with Crippen LogP contribution in [0.2, 0.25) is 5.02 Å². The average Bonchev–Trinajstić information content (AvgIpc) is 2.35. The minimum atomic E-state index is -0.292. The molecule has 1 aromatic heterocycles. The number of benzene rings is 1. The number of hydrogen-bond donors (Lipinski definition) is 2. The van der Waals surface area contributed by atoms with Crippen molar-refractivity contribution in [3.05, 3.63) is 53.3 Å². The number of carbonyl (C=O) groups is 1. The Morgan fingerprint density at radius 2 is 2.18 bits per heavy atom. The number of nitrogens with zero attached hydrogens (tertiary/aromatic N) is 1. The number of halogens is 1. The van der Waals surface area contributed by atoms with Crippen molar-refractivity contribution in [2.24, 2.45) is 0 Å². The van der Waals surface area contributed by atoms with Crippen LogP contribution in [-0.2, 0) is 0 Å². The summed E-state index contributed by atoms with van der Waals surface area (Å²) in [6, 6.07) is 7.83. The second-order valence-electron chi connectivity index (χ2n) is 3.36. The third-order valence-electron chi connectivity index (χ3n) is 2.13. The number of amides is 1. The van der Waals surface area contributed by atoms with E-state index in [0.29, 0.717) is 11.3 Å². The van der Waals surface area contributed by atoms with Gasteiger partial charge in [0.2, 0.25) is 0 Å². The molecule has 0 saturated carbocycles. The van der Waals surface area contributed by atoms with E-state index in [9.17, 15) is 9.90 Å². The summed E-state index contributed by atoms with van der Waals surface area (Å²) in [6.45, 7) is 0. The molecule has 0 aliphatic heterocycles. The van der Waals surface area contributed by atoms with Gasteiger partial charge in [0.25, 0.3) is 5.91 Å². The Bertz CT molecular complexity index is 543. The highest BCUT2D eigenvalue weighted by Crippen LogP contribution is 2.26. The molecule has 5 heteroatoms. The van der Waals surface area contributed by atoms with Crippen LogP contribution in [0, 0.1) is 0 Å². The van der Waals surface area contributed by atoms with E-state index < -0.39 is 0 Å². The first-order valence-corrected chi connectivity index (χ1v) is 5.24. The predicted octanol–water partition coefficient (Wildman–Crippen LogP) is 2.69. The van der Waals surface area contributed by atoms with Crippen LogP contribution in [0.4, 0.5) is 5.69 Å². The number of pyridine rings is 1. The molecule has 0 unspecified atom stereocenters. The van der Waals surface area contributed by atoms with Crippen LogP contribution in [0.5, 0.6) is 5.75 Å². The van der Waals surface area contributed by atoms with Crippen LogP contribution in [0.25, 0.3) is 0 Å². The molecule has 1 amide bonds. The van der Waals surface area contributed by atoms with E-state index >= 15 is 0 Å². The normalized spacial score (nSPS) is 9.94. The van der Waals surface area contributed by atoms with Crippen LogP contribution >= 0.6 is 11.6 Å². The van der Waals surface area contributed by atoms with Crippen LogP contribution in [-0.4, -0.2) is 16.0 Å². The fraction of sp³-hybridized carbons (Fsp3) is 0. The molecular formula is C12H9ClN2O2. The topological polar surface area (TPSA) is 62.2 Å². The number of phenolic OH excluding ortho intramolecular Hbond substituents is 1. The van der Waals surface area contributed by atoms with Gasteiger partial charge in [-0.2, -0.15) is 0 Å². The van der Waals surface area contributed by atoms with Gasteiger partial charge in [0.15, 0.2) is 0 Å². The monoisotopic (exact) mass is 248 g/mol. The summed E-state index contributed by atoms with van der Waals surface area (Å²) < 4.78 is 0. The molecule has 0 aliphatic carbocycles. The molecule has 2 rings (SSSR count). The zero-order valence-electron chi connectivity index (χ0n) is 8.72. The maximum Gasteiger partial charge on any atom is 0.257 e. The highest BCUT2D eigenvalue weighted by Gasteiger charge is 2.07. The van der Waals surface area contributed by atoms with Crippen LogP contribution in [0.15, 0.2) is 42.7 Å². The molecule has 17 heavy (non-hydrogen) atoms. The predicted molar refractivity (Wildman–Crippen MR) is 65.3 cm³/mol. The van der Waals surface area contributed by atoms with Gasteiger partial charge in [-0.05, 0) is 24.3 Å². The summed E-state index contributed by atoms with van der Waals surface area (Å²) in [7, 11) is 0. The first kappa shape index (κ1) is 11.4. The molecule has 0 bridgehead atoms. The lowest BCUT2D eigenvalue weighted by Crippen LogP contribution is -2.11. The zero-order chi connectivity index (χ0) is 12.3. The number of rotatable bonds is 2. The van der Waals surface area contributed by atoms with Crippen molar-refractivity contribution in [1.29, 1.82) is 0 Å². The highest BCUT2D eigenvalue weighted by molar-refractivity contribution is 6.32. The van der Waals surface area contributed by atoms with Crippen molar-refractivity contribution in [3.8, 4) is 5.75 Å². The van der Waals surface area contributed by atoms with Gasteiger partial charge >= 0.3 is 0 Å². The number of hydrogen-bond acceptors (Lipinski definition) is 3. The van der Waals surface area contributed by atoms with E-state index in [4.69, 9.17) is 11.6 Å². The van der Waals surface area contributed by atoms with Crippen LogP contribution in [0.1, 0.15) is 10.4 Å². The third kappa shape index (κ3) is 2.73. The second kappa shape index (κ2) is 4.84. The summed E-state index contributed by atoms with van der Waals surface area (Å²) in [4.78, 5) is 15.6. The number of anilines is 1. The minimum Gasteiger partial charge on any atom is -0.506 e. The van der Waals surface area contributed by atoms with Gasteiger partial charge in [-0.15, -0.1) is 0 Å². The number of nitrogens with one attached hydrogen (secondary N) is 1. The van der Waals surface area contributed by atoms with Crippen molar-refractivity contribution in [2.75, 3.05) is 5.32 Å². The molecule has 0 atom stereocenters. The smallest absolute Gasteiger partial charge is 0.257 e. The van der Waals surface area contributed by atoms with Gasteiger partial charge in [0, 0.05) is 24.1 Å². The molecule has 1 heterocycles. The fourth-order valence-corrected chi connectivity index (χ4v) is 1.41. The number of aromatic nitrogens is 1. The maximum absolute atomic E-state index is 11.7. The van der Waals surface area contributed by atoms with Crippen LogP contribution < -0.4 is 5.32 Å². The Balaban J connectivity index is 2.16. The van der Waals surface area contributed by atoms with Gasteiger partial charge in [-0.3, -0.25) is 9.78 Å². The van der Waals surface area contributed by atoms with E-state index in [-0.39, 0.29) is 16.7 Å². The van der Waals surface area contributed by atoms with Gasteiger partial charge in [-0.25, -0.2) is 0 Å². The molecule has 0 aliphatic rings. The van der Waals surface area contributed by atoms with Crippen molar-refractivity contribution in [1.82, 2.24) is 4.98 Å². The molecule has 2 N–H and O–H groups in total.